The molecular formula is C45H55FN2O8S. The Morgan fingerprint density at radius 1 is 1.04 bits per heavy atom. The van der Waals surface area contributed by atoms with Crippen LogP contribution in [0.1, 0.15) is 62.0 Å². The van der Waals surface area contributed by atoms with Gasteiger partial charge in [-0.2, -0.15) is 0 Å². The van der Waals surface area contributed by atoms with Crippen LogP contribution >= 0.6 is 11.8 Å². The van der Waals surface area contributed by atoms with Crippen molar-refractivity contribution in [2.75, 3.05) is 46.4 Å². The van der Waals surface area contributed by atoms with Crippen LogP contribution in [-0.4, -0.2) is 85.1 Å². The highest BCUT2D eigenvalue weighted by Gasteiger charge is 2.65. The number of aliphatic hydroxyl groups is 2. The minimum atomic E-state index is -1.45. The molecule has 57 heavy (non-hydrogen) atoms. The molecule has 3 aliphatic rings. The molecule has 0 bridgehead atoms. The summed E-state index contributed by atoms with van der Waals surface area (Å²) < 4.78 is 40.1. The summed E-state index contributed by atoms with van der Waals surface area (Å²) in [6, 6.07) is 21.4. The van der Waals surface area contributed by atoms with E-state index in [-0.39, 0.29) is 56.4 Å². The molecule has 3 aromatic carbocycles. The third-order valence-corrected chi connectivity index (χ3v) is 12.2. The lowest BCUT2D eigenvalue weighted by molar-refractivity contribution is -0.256. The largest absolute Gasteiger partial charge is 0.493 e. The fraction of sp³-hybridized carbons (Fsp3) is 0.467. The van der Waals surface area contributed by atoms with Gasteiger partial charge in [-0.3, -0.25) is 4.90 Å². The number of allylic oxidation sites excluding steroid dienone is 1. The molecule has 1 heterocycles. The molecule has 0 spiro atoms. The van der Waals surface area contributed by atoms with Crippen molar-refractivity contribution >= 4 is 23.6 Å². The van der Waals surface area contributed by atoms with Gasteiger partial charge in [0.2, 0.25) is 5.79 Å². The third-order valence-electron chi connectivity index (χ3n) is 11.3. The lowest BCUT2D eigenvalue weighted by Crippen LogP contribution is -2.70. The Labute approximate surface area is 339 Å². The van der Waals surface area contributed by atoms with Gasteiger partial charge in [0.25, 0.3) is 0 Å². The number of aliphatic hydroxyl groups excluding tert-OH is 2. The first-order valence-corrected chi connectivity index (χ1v) is 20.9. The highest BCUT2D eigenvalue weighted by molar-refractivity contribution is 7.99. The number of amides is 1. The van der Waals surface area contributed by atoms with Crippen molar-refractivity contribution in [3.8, 4) is 11.5 Å². The van der Waals surface area contributed by atoms with E-state index in [1.165, 1.54) is 31.2 Å². The number of halogens is 1. The van der Waals surface area contributed by atoms with Gasteiger partial charge < -0.3 is 34.0 Å². The van der Waals surface area contributed by atoms with E-state index >= 15 is 0 Å². The first-order valence-electron chi connectivity index (χ1n) is 19.9. The van der Waals surface area contributed by atoms with Gasteiger partial charge in [0.1, 0.15) is 30.5 Å². The summed E-state index contributed by atoms with van der Waals surface area (Å²) >= 11 is 1.73. The minimum absolute atomic E-state index is 0.0634. The van der Waals surface area contributed by atoms with Crippen molar-refractivity contribution in [2.24, 2.45) is 22.9 Å². The van der Waals surface area contributed by atoms with Gasteiger partial charge in [0, 0.05) is 48.3 Å². The van der Waals surface area contributed by atoms with Crippen LogP contribution in [0.15, 0.2) is 107 Å². The number of unbranched alkanes of at least 4 members (excludes halogenated alkanes) is 2. The second-order valence-electron chi connectivity index (χ2n) is 14.7. The van der Waals surface area contributed by atoms with Crippen molar-refractivity contribution in [1.82, 2.24) is 4.90 Å². The van der Waals surface area contributed by atoms with Crippen molar-refractivity contribution < 1.29 is 43.2 Å². The zero-order chi connectivity index (χ0) is 40.2. The highest BCUT2D eigenvalue weighted by atomic mass is 32.2. The van der Waals surface area contributed by atoms with Gasteiger partial charge in [-0.15, -0.1) is 18.3 Å². The van der Waals surface area contributed by atoms with Gasteiger partial charge in [-0.05, 0) is 91.1 Å². The molecule has 1 fully saturated rings. The Balaban J connectivity index is 1.50. The van der Waals surface area contributed by atoms with Crippen LogP contribution in [0.25, 0.3) is 0 Å². The number of nitrogens with zero attached hydrogens (tertiary/aromatic N) is 2. The molecule has 10 nitrogen and oxygen atoms in total. The number of ether oxygens (including phenoxy) is 4. The second-order valence-corrected chi connectivity index (χ2v) is 15.9. The number of rotatable bonds is 20. The van der Waals surface area contributed by atoms with E-state index in [2.05, 4.69) is 36.0 Å². The molecule has 2 aliphatic carbocycles. The van der Waals surface area contributed by atoms with Gasteiger partial charge >= 0.3 is 6.09 Å². The molecule has 0 unspecified atom stereocenters. The molecule has 6 rings (SSSR count). The van der Waals surface area contributed by atoms with Crippen LogP contribution in [0.3, 0.4) is 0 Å². The van der Waals surface area contributed by atoms with E-state index in [1.807, 2.05) is 30.3 Å². The third kappa shape index (κ3) is 9.68. The summed E-state index contributed by atoms with van der Waals surface area (Å²) in [5.41, 5.74) is 3.26. The van der Waals surface area contributed by atoms with Crippen molar-refractivity contribution in [3.05, 3.63) is 114 Å². The van der Waals surface area contributed by atoms with Gasteiger partial charge in [0.15, 0.2) is 0 Å². The van der Waals surface area contributed by atoms with Crippen LogP contribution in [0.5, 0.6) is 11.5 Å². The first-order chi connectivity index (χ1) is 27.9. The van der Waals surface area contributed by atoms with Crippen LogP contribution < -0.4 is 9.47 Å². The number of hydrogen-bond donors (Lipinski definition) is 2. The van der Waals surface area contributed by atoms with E-state index in [1.54, 1.807) is 34.9 Å². The maximum absolute atomic E-state index is 14.1. The standard InChI is InChI=1S/C45H55FN2O8S/c1-4-24-55-45-41(48(44(51)52-2)30-31-16-18-33(46)19-17-31)29-39(47-53-3)37-27-32(12-8-10-22-49)36(15-9-11-23-50)42(43(37)45)38-28-34(20-21-40(38)56-45)54-25-26-57-35-13-6-5-7-14-35/h4-7,13-14,16-21,27-28,32,36,41-43,49-50H,1,8-12,15,22-26,29-30H2,2-3H3/t32-,36+,41-,42+,43+,45+/m0/s1. The van der Waals surface area contributed by atoms with Crippen LogP contribution in [0, 0.1) is 23.6 Å². The summed E-state index contributed by atoms with van der Waals surface area (Å²) in [5, 5.41) is 24.3. The number of carbonyl (C=O) groups excluding carboxylic acids is 1. The molecule has 1 amide bonds. The van der Waals surface area contributed by atoms with Crippen LogP contribution in [0.4, 0.5) is 9.18 Å². The minimum Gasteiger partial charge on any atom is -0.493 e. The number of fused-ring (bicyclic) bond motifs is 2. The SMILES string of the molecule is C=CCO[C@@]12Oc3ccc(OCCSc4ccccc4)cc3[C@H]3[C@H](CCCCO)[C@@H](CCCCO)C=C(C(=NOC)C[C@@H]1N(Cc1ccc(F)cc1)C(=O)OC)[C@H]32. The Kier molecular flexibility index (Phi) is 15.1. The van der Waals surface area contributed by atoms with Crippen LogP contribution in [-0.2, 0) is 20.9 Å². The molecule has 6 atom stereocenters. The summed E-state index contributed by atoms with van der Waals surface area (Å²) in [4.78, 5) is 22.3. The number of hydrogen-bond acceptors (Lipinski definition) is 10. The lowest BCUT2D eigenvalue weighted by atomic mass is 9.55. The predicted octanol–water partition coefficient (Wildman–Crippen LogP) is 8.53. The smallest absolute Gasteiger partial charge is 0.410 e. The van der Waals surface area contributed by atoms with Gasteiger partial charge in [-0.1, -0.05) is 60.5 Å². The van der Waals surface area contributed by atoms with Crippen molar-refractivity contribution in [1.29, 1.82) is 0 Å². The van der Waals surface area contributed by atoms with Gasteiger partial charge in [0.05, 0.1) is 32.0 Å². The predicted molar refractivity (Wildman–Crippen MR) is 219 cm³/mol. The second kappa shape index (κ2) is 20.4. The Morgan fingerprint density at radius 3 is 2.49 bits per heavy atom. The summed E-state index contributed by atoms with van der Waals surface area (Å²) in [7, 11) is 2.85. The van der Waals surface area contributed by atoms with Crippen LogP contribution in [0.2, 0.25) is 0 Å². The molecule has 306 valence electrons. The zero-order valence-corrected chi connectivity index (χ0v) is 33.7. The number of carbonyl (C=O) groups is 1. The molecule has 0 saturated heterocycles. The molecule has 0 aromatic heterocycles. The summed E-state index contributed by atoms with van der Waals surface area (Å²) in [6.45, 7) is 4.89. The maximum Gasteiger partial charge on any atom is 0.410 e. The molecule has 0 radical (unpaired) electrons. The number of oxime groups is 1. The maximum atomic E-state index is 14.1. The molecule has 1 aliphatic heterocycles. The molecule has 12 heteroatoms. The molecule has 3 aromatic rings. The van der Waals surface area contributed by atoms with Gasteiger partial charge in [-0.25, -0.2) is 9.18 Å². The zero-order valence-electron chi connectivity index (χ0n) is 32.9. The Bertz CT molecular complexity index is 1840. The van der Waals surface area contributed by atoms with E-state index in [0.29, 0.717) is 36.5 Å². The Hall–Kier alpha value is -4.36. The highest BCUT2D eigenvalue weighted by Crippen LogP contribution is 2.62. The number of benzene rings is 3. The Morgan fingerprint density at radius 2 is 1.79 bits per heavy atom. The molecular weight excluding hydrogens is 748 g/mol. The lowest BCUT2D eigenvalue weighted by Gasteiger charge is -2.59. The fourth-order valence-electron chi connectivity index (χ4n) is 8.89. The molecule has 2 N–H and O–H groups in total. The summed E-state index contributed by atoms with van der Waals surface area (Å²) in [6.07, 6.45) is 8.19. The average molecular weight is 803 g/mol. The van der Waals surface area contributed by atoms with E-state index in [4.69, 9.17) is 23.8 Å². The fourth-order valence-corrected chi connectivity index (χ4v) is 9.64. The summed E-state index contributed by atoms with van der Waals surface area (Å²) in [5.74, 6) is -0.239. The van der Waals surface area contributed by atoms with E-state index in [0.717, 1.165) is 48.3 Å². The monoisotopic (exact) mass is 802 g/mol. The number of methoxy groups -OCH3 is 1. The quantitative estimate of drug-likeness (QED) is 0.0502. The van der Waals surface area contributed by atoms with E-state index in [9.17, 15) is 19.4 Å². The van der Waals surface area contributed by atoms with Crippen molar-refractivity contribution in [3.63, 3.8) is 0 Å². The van der Waals surface area contributed by atoms with E-state index < -0.39 is 23.8 Å². The topological polar surface area (TPSA) is 119 Å². The normalized spacial score (nSPS) is 24.1. The number of thioether (sulfide) groups is 1. The first kappa shape index (κ1) is 42.3. The van der Waals surface area contributed by atoms with Crippen molar-refractivity contribution in [2.45, 2.75) is 74.1 Å². The average Bonchev–Trinajstić information content (AvgIpc) is 3.23. The molecule has 1 saturated carbocycles.